The number of amides is 1. The van der Waals surface area contributed by atoms with Gasteiger partial charge in [0.05, 0.1) is 41.9 Å². The molecule has 1 saturated heterocycles. The van der Waals surface area contributed by atoms with Crippen LogP contribution in [0.1, 0.15) is 16.1 Å². The van der Waals surface area contributed by atoms with E-state index >= 15 is 0 Å². The first-order valence-corrected chi connectivity index (χ1v) is 11.5. The summed E-state index contributed by atoms with van der Waals surface area (Å²) in [5.74, 6) is 1.72. The topological polar surface area (TPSA) is 148 Å². The van der Waals surface area contributed by atoms with E-state index in [0.29, 0.717) is 37.3 Å². The molecular formula is C21H22N8O4S. The average molecular weight is 483 g/mol. The predicted molar refractivity (Wildman–Crippen MR) is 123 cm³/mol. The monoisotopic (exact) mass is 482 g/mol. The van der Waals surface area contributed by atoms with Crippen LogP contribution in [0.5, 0.6) is 5.88 Å². The molecule has 0 bridgehead atoms. The molecule has 34 heavy (non-hydrogen) atoms. The molecule has 2 aliphatic rings. The predicted octanol–water partition coefficient (Wildman–Crippen LogP) is 1.38. The van der Waals surface area contributed by atoms with Crippen molar-refractivity contribution in [3.8, 4) is 17.3 Å². The van der Waals surface area contributed by atoms with Crippen LogP contribution in [0.4, 0.5) is 11.8 Å². The highest BCUT2D eigenvalue weighted by Gasteiger charge is 2.31. The summed E-state index contributed by atoms with van der Waals surface area (Å²) >= 11 is 1.62. The zero-order valence-corrected chi connectivity index (χ0v) is 19.1. The summed E-state index contributed by atoms with van der Waals surface area (Å²) in [6, 6.07) is 3.68. The van der Waals surface area contributed by atoms with Gasteiger partial charge in [-0.25, -0.2) is 30.4 Å². The van der Waals surface area contributed by atoms with Crippen molar-refractivity contribution in [3.63, 3.8) is 0 Å². The van der Waals surface area contributed by atoms with Crippen LogP contribution in [0, 0.1) is 0 Å². The Morgan fingerprint density at radius 3 is 2.65 bits per heavy atom. The lowest BCUT2D eigenvalue weighted by molar-refractivity contribution is 0.0705. The number of aromatic nitrogens is 5. The van der Waals surface area contributed by atoms with Gasteiger partial charge in [-0.3, -0.25) is 10.0 Å². The van der Waals surface area contributed by atoms with Crippen molar-refractivity contribution in [1.82, 2.24) is 30.4 Å². The molecule has 3 aromatic heterocycles. The van der Waals surface area contributed by atoms with Gasteiger partial charge in [0, 0.05) is 49.7 Å². The Morgan fingerprint density at radius 1 is 1.18 bits per heavy atom. The van der Waals surface area contributed by atoms with Gasteiger partial charge in [-0.1, -0.05) is 11.8 Å². The lowest BCUT2D eigenvalue weighted by Crippen LogP contribution is -2.37. The van der Waals surface area contributed by atoms with Crippen molar-refractivity contribution in [3.05, 3.63) is 42.0 Å². The smallest absolute Gasteiger partial charge is 0.277 e. The van der Waals surface area contributed by atoms with E-state index in [9.17, 15) is 4.79 Å². The van der Waals surface area contributed by atoms with Crippen molar-refractivity contribution in [2.24, 2.45) is 0 Å². The molecule has 0 aromatic carbocycles. The van der Waals surface area contributed by atoms with Gasteiger partial charge in [0.2, 0.25) is 11.8 Å². The zero-order valence-electron chi connectivity index (χ0n) is 18.3. The van der Waals surface area contributed by atoms with Crippen LogP contribution >= 0.6 is 11.8 Å². The molecule has 12 nitrogen and oxygen atoms in total. The Kier molecular flexibility index (Phi) is 6.38. The van der Waals surface area contributed by atoms with E-state index in [-0.39, 0.29) is 10.9 Å². The first-order chi connectivity index (χ1) is 16.6. The first-order valence-electron chi connectivity index (χ1n) is 10.6. The minimum Gasteiger partial charge on any atom is -0.481 e. The molecular weight excluding hydrogens is 460 g/mol. The summed E-state index contributed by atoms with van der Waals surface area (Å²) < 4.78 is 10.7. The number of pyridine rings is 1. The van der Waals surface area contributed by atoms with Gasteiger partial charge in [0.15, 0.2) is 5.82 Å². The number of carbonyl (C=O) groups is 1. The Balaban J connectivity index is 1.42. The lowest BCUT2D eigenvalue weighted by atomic mass is 10.2. The van der Waals surface area contributed by atoms with Crippen molar-refractivity contribution in [2.45, 2.75) is 16.7 Å². The number of morpholine rings is 1. The summed E-state index contributed by atoms with van der Waals surface area (Å²) in [6.45, 7) is 2.79. The normalized spacial score (nSPS) is 17.2. The van der Waals surface area contributed by atoms with Gasteiger partial charge < -0.3 is 19.7 Å². The third-order valence-electron chi connectivity index (χ3n) is 5.38. The minimum absolute atomic E-state index is 0.0640. The molecule has 3 N–H and O–H groups in total. The van der Waals surface area contributed by atoms with E-state index in [1.165, 1.54) is 12.4 Å². The number of nitrogens with zero attached hydrogens (tertiary/aromatic N) is 6. The van der Waals surface area contributed by atoms with Crippen LogP contribution < -0.4 is 20.4 Å². The molecule has 13 heteroatoms. The summed E-state index contributed by atoms with van der Waals surface area (Å²) in [5.41, 5.74) is 3.46. The van der Waals surface area contributed by atoms with Crippen LogP contribution in [-0.2, 0) is 11.2 Å². The van der Waals surface area contributed by atoms with Gasteiger partial charge in [0.1, 0.15) is 5.82 Å². The fraction of sp³-hybridized carbons (Fsp3) is 0.333. The van der Waals surface area contributed by atoms with Crippen LogP contribution in [0.2, 0.25) is 0 Å². The van der Waals surface area contributed by atoms with Crippen molar-refractivity contribution in [2.75, 3.05) is 43.6 Å². The molecule has 0 saturated carbocycles. The molecule has 0 radical (unpaired) electrons. The highest BCUT2D eigenvalue weighted by molar-refractivity contribution is 8.00. The molecule has 176 valence electrons. The van der Waals surface area contributed by atoms with Gasteiger partial charge in [0.25, 0.3) is 5.91 Å². The highest BCUT2D eigenvalue weighted by atomic mass is 32.2. The maximum absolute atomic E-state index is 11.5. The Morgan fingerprint density at radius 2 is 1.97 bits per heavy atom. The van der Waals surface area contributed by atoms with E-state index in [1.807, 2.05) is 6.07 Å². The third-order valence-corrected chi connectivity index (χ3v) is 6.60. The number of hydrogen-bond acceptors (Lipinski definition) is 12. The molecule has 2 aliphatic heterocycles. The number of methoxy groups -OCH3 is 1. The lowest BCUT2D eigenvalue weighted by Gasteiger charge is -2.29. The molecule has 0 aliphatic carbocycles. The molecule has 1 atom stereocenters. The highest BCUT2D eigenvalue weighted by Crippen LogP contribution is 2.42. The number of rotatable bonds is 6. The quantitative estimate of drug-likeness (QED) is 0.344. The molecule has 0 spiro atoms. The van der Waals surface area contributed by atoms with Crippen molar-refractivity contribution in [1.29, 1.82) is 0 Å². The van der Waals surface area contributed by atoms with E-state index in [0.717, 1.165) is 35.1 Å². The fourth-order valence-corrected chi connectivity index (χ4v) is 4.90. The summed E-state index contributed by atoms with van der Waals surface area (Å²) in [6.07, 6.45) is 5.04. The third kappa shape index (κ3) is 4.58. The number of thioether (sulfide) groups is 1. The number of nitrogens with one attached hydrogen (secondary N) is 2. The molecule has 1 fully saturated rings. The number of fused-ring (bicyclic) bond motifs is 1. The fourth-order valence-electron chi connectivity index (χ4n) is 3.66. The van der Waals surface area contributed by atoms with Gasteiger partial charge in [-0.15, -0.1) is 0 Å². The maximum atomic E-state index is 11.5. The van der Waals surface area contributed by atoms with Crippen molar-refractivity contribution >= 4 is 29.4 Å². The maximum Gasteiger partial charge on any atom is 0.277 e. The summed E-state index contributed by atoms with van der Waals surface area (Å²) in [5, 5.41) is 12.0. The molecule has 1 unspecified atom stereocenters. The van der Waals surface area contributed by atoms with E-state index < -0.39 is 5.91 Å². The number of ether oxygens (including phenoxy) is 2. The van der Waals surface area contributed by atoms with Crippen LogP contribution in [-0.4, -0.2) is 74.8 Å². The van der Waals surface area contributed by atoms with Crippen molar-refractivity contribution < 1.29 is 19.5 Å². The number of anilines is 2. The number of carbonyl (C=O) groups excluding carboxylic acids is 1. The minimum atomic E-state index is -0.667. The molecule has 5 heterocycles. The van der Waals surface area contributed by atoms with Gasteiger partial charge >= 0.3 is 0 Å². The molecule has 1 amide bonds. The van der Waals surface area contributed by atoms with E-state index in [4.69, 9.17) is 24.6 Å². The second-order valence-corrected chi connectivity index (χ2v) is 8.74. The van der Waals surface area contributed by atoms with Crippen LogP contribution in [0.15, 0.2) is 35.6 Å². The largest absolute Gasteiger partial charge is 0.481 e. The standard InChI is InChI=1S/C21H22N8O4S/c1-32-15-3-2-12(9-22-15)18-25-14-8-16(26-21-23-10-13(11-24-21)20(30)28-31)34-17(14)19(27-18)29-4-6-33-7-5-29/h2-3,9-11,16,31H,4-8H2,1H3,(H,28,30)(H,23,24,26). The summed E-state index contributed by atoms with van der Waals surface area (Å²) in [4.78, 5) is 37.1. The zero-order chi connectivity index (χ0) is 23.5. The number of hydroxylamine groups is 1. The number of hydrogen-bond donors (Lipinski definition) is 3. The average Bonchev–Trinajstić information content (AvgIpc) is 3.31. The SMILES string of the molecule is COc1ccc(-c2nc3c(c(N4CCOCC4)n2)SC(Nc2ncc(C(=O)NO)cn2)C3)cn1. The first kappa shape index (κ1) is 22.3. The second kappa shape index (κ2) is 9.75. The second-order valence-electron chi connectivity index (χ2n) is 7.53. The summed E-state index contributed by atoms with van der Waals surface area (Å²) in [7, 11) is 1.58. The van der Waals surface area contributed by atoms with Crippen LogP contribution in [0.25, 0.3) is 11.4 Å². The van der Waals surface area contributed by atoms with E-state index in [1.54, 1.807) is 36.6 Å². The van der Waals surface area contributed by atoms with Gasteiger partial charge in [-0.05, 0) is 6.07 Å². The van der Waals surface area contributed by atoms with Crippen LogP contribution in [0.3, 0.4) is 0 Å². The molecule has 3 aromatic rings. The van der Waals surface area contributed by atoms with Gasteiger partial charge in [-0.2, -0.15) is 0 Å². The Bertz CT molecular complexity index is 1170. The Hall–Kier alpha value is -3.55. The molecule has 5 rings (SSSR count). The Labute approximate surface area is 199 Å². The van der Waals surface area contributed by atoms with E-state index in [2.05, 4.69) is 25.2 Å².